The van der Waals surface area contributed by atoms with Crippen LogP contribution in [0.5, 0.6) is 11.5 Å². The summed E-state index contributed by atoms with van der Waals surface area (Å²) in [6, 6.07) is 18.2. The van der Waals surface area contributed by atoms with Crippen molar-refractivity contribution in [3.05, 3.63) is 87.7 Å². The molecular formula is C32H35ClN4O4. The normalized spacial score (nSPS) is 17.4. The highest BCUT2D eigenvalue weighted by atomic mass is 35.5. The highest BCUT2D eigenvalue weighted by Crippen LogP contribution is 2.41. The quantitative estimate of drug-likeness (QED) is 0.222. The third-order valence-corrected chi connectivity index (χ3v) is 7.92. The Morgan fingerprint density at radius 3 is 2.66 bits per heavy atom. The molecule has 1 unspecified atom stereocenters. The molecule has 2 aromatic heterocycles. The van der Waals surface area contributed by atoms with Gasteiger partial charge in [0, 0.05) is 11.9 Å². The number of piperidine rings is 1. The van der Waals surface area contributed by atoms with Crippen LogP contribution < -0.4 is 20.9 Å². The number of pyridine rings is 2. The molecule has 0 bridgehead atoms. The fraction of sp³-hybridized carbons (Fsp3) is 0.344. The number of nitrogens with zero attached hydrogens (tertiary/aromatic N) is 1. The number of nitrogens with one attached hydrogen (secondary N) is 3. The van der Waals surface area contributed by atoms with Crippen LogP contribution in [0, 0.1) is 5.92 Å². The molecule has 2 fully saturated rings. The minimum Gasteiger partial charge on any atom is -0.507 e. The average molecular weight is 575 g/mol. The zero-order valence-corrected chi connectivity index (χ0v) is 23.8. The molecule has 41 heavy (non-hydrogen) atoms. The van der Waals surface area contributed by atoms with E-state index >= 15 is 0 Å². The van der Waals surface area contributed by atoms with Crippen LogP contribution in [0.2, 0.25) is 0 Å². The zero-order chi connectivity index (χ0) is 27.6. The summed E-state index contributed by atoms with van der Waals surface area (Å²) >= 11 is 0. The predicted octanol–water partition coefficient (Wildman–Crippen LogP) is 5.46. The van der Waals surface area contributed by atoms with Crippen LogP contribution in [0.15, 0.2) is 65.5 Å². The lowest BCUT2D eigenvalue weighted by Crippen LogP contribution is -2.32. The molecule has 0 spiro atoms. The monoisotopic (exact) mass is 574 g/mol. The first-order valence-electron chi connectivity index (χ1n) is 14.1. The minimum absolute atomic E-state index is 0. The smallest absolute Gasteiger partial charge is 0.262 e. The first-order valence-corrected chi connectivity index (χ1v) is 14.1. The van der Waals surface area contributed by atoms with Gasteiger partial charge in [-0.15, -0.1) is 12.4 Å². The van der Waals surface area contributed by atoms with Gasteiger partial charge in [-0.25, -0.2) is 4.98 Å². The van der Waals surface area contributed by atoms with Crippen molar-refractivity contribution in [3.8, 4) is 22.8 Å². The van der Waals surface area contributed by atoms with E-state index in [-0.39, 0.29) is 35.7 Å². The number of H-pyrrole nitrogens is 1. The van der Waals surface area contributed by atoms with E-state index in [1.807, 2.05) is 49.4 Å². The van der Waals surface area contributed by atoms with Gasteiger partial charge in [-0.05, 0) is 86.4 Å². The van der Waals surface area contributed by atoms with Crippen molar-refractivity contribution in [1.29, 1.82) is 0 Å². The van der Waals surface area contributed by atoms with Crippen molar-refractivity contribution in [2.45, 2.75) is 44.6 Å². The number of rotatable bonds is 8. The maximum absolute atomic E-state index is 13.3. The van der Waals surface area contributed by atoms with Crippen LogP contribution in [0.1, 0.15) is 66.1 Å². The van der Waals surface area contributed by atoms with Gasteiger partial charge < -0.3 is 25.5 Å². The molecule has 1 aliphatic heterocycles. The third-order valence-electron chi connectivity index (χ3n) is 7.92. The molecule has 2 atom stereocenters. The molecule has 4 aromatic rings. The number of amides is 1. The first-order chi connectivity index (χ1) is 19.5. The number of carbonyl (C=O) groups excluding carboxylic acids is 1. The summed E-state index contributed by atoms with van der Waals surface area (Å²) in [5.74, 6) is 0.910. The van der Waals surface area contributed by atoms with E-state index in [1.165, 1.54) is 0 Å². The SMILES string of the molecule is C[C@@H](NC(=O)c1cc2c(C3CCCNC3)cc(-c3c(O)cccc3OCC3CC3)nc2[nH]c1=O)c1ccccc1.Cl. The van der Waals surface area contributed by atoms with Gasteiger partial charge >= 0.3 is 0 Å². The van der Waals surface area contributed by atoms with Crippen molar-refractivity contribution in [1.82, 2.24) is 20.6 Å². The lowest BCUT2D eigenvalue weighted by Gasteiger charge is -2.25. The third kappa shape index (κ3) is 6.24. The van der Waals surface area contributed by atoms with Gasteiger partial charge in [0.25, 0.3) is 11.5 Å². The molecule has 4 N–H and O–H groups in total. The van der Waals surface area contributed by atoms with Crippen LogP contribution in [0.25, 0.3) is 22.3 Å². The molecule has 2 aromatic carbocycles. The van der Waals surface area contributed by atoms with Crippen molar-refractivity contribution in [3.63, 3.8) is 0 Å². The molecule has 214 valence electrons. The van der Waals surface area contributed by atoms with Gasteiger partial charge in [0.05, 0.1) is 23.9 Å². The second-order valence-corrected chi connectivity index (χ2v) is 10.9. The Labute approximate surface area is 245 Å². The Morgan fingerprint density at radius 1 is 1.12 bits per heavy atom. The maximum atomic E-state index is 13.3. The number of carbonyl (C=O) groups is 1. The molecule has 1 aliphatic carbocycles. The number of fused-ring (bicyclic) bond motifs is 1. The standard InChI is InChI=1S/C32H34N4O4.ClH/c1-19(21-7-3-2-4-8-21)34-31(38)25-15-24-23(22-9-6-14-33-17-22)16-26(35-30(24)36-32(25)39)29-27(37)10-5-11-28(29)40-18-20-12-13-20;/h2-5,7-8,10-11,15-16,19-20,22,33,37H,6,9,12-14,17-18H2,1H3,(H,34,38)(H,35,36,39);1H/t19-,22?;/m1./s1. The molecule has 1 amide bonds. The van der Waals surface area contributed by atoms with Crippen LogP contribution in [-0.4, -0.2) is 40.7 Å². The summed E-state index contributed by atoms with van der Waals surface area (Å²) in [4.78, 5) is 34.1. The topological polar surface area (TPSA) is 116 Å². The second-order valence-electron chi connectivity index (χ2n) is 10.9. The Balaban J connectivity index is 0.00000337. The van der Waals surface area contributed by atoms with Gasteiger partial charge in [0.15, 0.2) is 0 Å². The number of hydrogen-bond acceptors (Lipinski definition) is 6. The van der Waals surface area contributed by atoms with Gasteiger partial charge in [-0.2, -0.15) is 0 Å². The highest BCUT2D eigenvalue weighted by molar-refractivity contribution is 5.98. The molecule has 6 rings (SSSR count). The molecule has 3 heterocycles. The first kappa shape index (κ1) is 28.6. The Bertz CT molecular complexity index is 1600. The Kier molecular flexibility index (Phi) is 8.61. The molecule has 1 saturated carbocycles. The molecule has 8 nitrogen and oxygen atoms in total. The second kappa shape index (κ2) is 12.3. The highest BCUT2D eigenvalue weighted by Gasteiger charge is 2.26. The summed E-state index contributed by atoms with van der Waals surface area (Å²) in [5, 5.41) is 18.0. The number of benzene rings is 2. The zero-order valence-electron chi connectivity index (χ0n) is 23.0. The number of halogens is 1. The maximum Gasteiger partial charge on any atom is 0.262 e. The number of hydrogen-bond donors (Lipinski definition) is 4. The number of aromatic amines is 1. The van der Waals surface area contributed by atoms with E-state index in [9.17, 15) is 14.7 Å². The van der Waals surface area contributed by atoms with Crippen molar-refractivity contribution in [2.24, 2.45) is 5.92 Å². The summed E-state index contributed by atoms with van der Waals surface area (Å²) in [7, 11) is 0. The number of ether oxygens (including phenoxy) is 1. The molecule has 2 aliphatic rings. The van der Waals surface area contributed by atoms with E-state index < -0.39 is 11.5 Å². The lowest BCUT2D eigenvalue weighted by atomic mass is 9.88. The Hall–Kier alpha value is -3.88. The van der Waals surface area contributed by atoms with E-state index in [1.54, 1.807) is 18.2 Å². The van der Waals surface area contributed by atoms with Gasteiger partial charge in [0.2, 0.25) is 0 Å². The lowest BCUT2D eigenvalue weighted by molar-refractivity contribution is 0.0938. The largest absolute Gasteiger partial charge is 0.507 e. The summed E-state index contributed by atoms with van der Waals surface area (Å²) in [6.07, 6.45) is 4.29. The molecule has 0 radical (unpaired) electrons. The number of aromatic nitrogens is 2. The van der Waals surface area contributed by atoms with Crippen molar-refractivity contribution >= 4 is 29.3 Å². The van der Waals surface area contributed by atoms with Crippen LogP contribution in [0.3, 0.4) is 0 Å². The van der Waals surface area contributed by atoms with Crippen LogP contribution >= 0.6 is 12.4 Å². The van der Waals surface area contributed by atoms with E-state index in [0.29, 0.717) is 35.2 Å². The van der Waals surface area contributed by atoms with Crippen LogP contribution in [-0.2, 0) is 0 Å². The van der Waals surface area contributed by atoms with E-state index in [0.717, 1.165) is 55.3 Å². The molecular weight excluding hydrogens is 540 g/mol. The molecule has 1 saturated heterocycles. The molecule has 9 heteroatoms. The fourth-order valence-corrected chi connectivity index (χ4v) is 5.45. The van der Waals surface area contributed by atoms with Gasteiger partial charge in [0.1, 0.15) is 22.7 Å². The van der Waals surface area contributed by atoms with Gasteiger partial charge in [-0.1, -0.05) is 36.4 Å². The number of phenols is 1. The minimum atomic E-state index is -0.509. The van der Waals surface area contributed by atoms with Crippen LogP contribution in [0.4, 0.5) is 0 Å². The average Bonchev–Trinajstić information content (AvgIpc) is 3.80. The summed E-state index contributed by atoms with van der Waals surface area (Å²) in [5.41, 5.74) is 2.89. The summed E-state index contributed by atoms with van der Waals surface area (Å²) < 4.78 is 6.10. The Morgan fingerprint density at radius 2 is 1.93 bits per heavy atom. The number of phenolic OH excluding ortho intramolecular Hbond substituents is 1. The van der Waals surface area contributed by atoms with E-state index in [2.05, 4.69) is 15.6 Å². The number of aromatic hydroxyl groups is 1. The van der Waals surface area contributed by atoms with Crippen molar-refractivity contribution < 1.29 is 14.6 Å². The predicted molar refractivity (Wildman–Crippen MR) is 162 cm³/mol. The summed E-state index contributed by atoms with van der Waals surface area (Å²) in [6.45, 7) is 4.22. The fourth-order valence-electron chi connectivity index (χ4n) is 5.45. The van der Waals surface area contributed by atoms with Gasteiger partial charge in [-0.3, -0.25) is 9.59 Å². The van der Waals surface area contributed by atoms with Crippen molar-refractivity contribution in [2.75, 3.05) is 19.7 Å². The van der Waals surface area contributed by atoms with E-state index in [4.69, 9.17) is 9.72 Å².